The molecular weight excluding hydrogens is 262 g/mol. The first kappa shape index (κ1) is 14.3. The maximum Gasteiger partial charge on any atom is 0.179 e. The SMILES string of the molecule is C[C@@]1(c2ccccc2)NCCO[C@@H]1OCc1ccccc1. The van der Waals surface area contributed by atoms with E-state index in [0.29, 0.717) is 13.2 Å². The zero-order chi connectivity index (χ0) is 14.5. The third-order valence-corrected chi connectivity index (χ3v) is 3.95. The molecule has 1 saturated heterocycles. The van der Waals surface area contributed by atoms with Crippen molar-refractivity contribution in [2.24, 2.45) is 0 Å². The van der Waals surface area contributed by atoms with Gasteiger partial charge in [0.15, 0.2) is 6.29 Å². The number of hydrogen-bond acceptors (Lipinski definition) is 3. The highest BCUT2D eigenvalue weighted by Gasteiger charge is 2.39. The van der Waals surface area contributed by atoms with Gasteiger partial charge in [-0.05, 0) is 18.1 Å². The molecule has 1 heterocycles. The fourth-order valence-corrected chi connectivity index (χ4v) is 2.71. The molecule has 2 aromatic rings. The number of benzene rings is 2. The van der Waals surface area contributed by atoms with Crippen LogP contribution in [0.1, 0.15) is 18.1 Å². The summed E-state index contributed by atoms with van der Waals surface area (Å²) in [5, 5.41) is 3.55. The molecule has 0 unspecified atom stereocenters. The van der Waals surface area contributed by atoms with Crippen LogP contribution in [0.15, 0.2) is 60.7 Å². The van der Waals surface area contributed by atoms with Gasteiger partial charge < -0.3 is 14.8 Å². The lowest BCUT2D eigenvalue weighted by atomic mass is 9.90. The van der Waals surface area contributed by atoms with E-state index in [0.717, 1.165) is 12.1 Å². The predicted molar refractivity (Wildman–Crippen MR) is 82.8 cm³/mol. The minimum Gasteiger partial charge on any atom is -0.349 e. The number of morpholine rings is 1. The highest BCUT2D eigenvalue weighted by Crippen LogP contribution is 2.30. The van der Waals surface area contributed by atoms with Crippen molar-refractivity contribution in [3.05, 3.63) is 71.8 Å². The Morgan fingerprint density at radius 1 is 1.10 bits per heavy atom. The summed E-state index contributed by atoms with van der Waals surface area (Å²) < 4.78 is 11.9. The smallest absolute Gasteiger partial charge is 0.179 e. The van der Waals surface area contributed by atoms with E-state index in [1.165, 1.54) is 5.56 Å². The molecule has 0 aliphatic carbocycles. The summed E-state index contributed by atoms with van der Waals surface area (Å²) in [4.78, 5) is 0. The van der Waals surface area contributed by atoms with Gasteiger partial charge in [-0.2, -0.15) is 0 Å². The number of nitrogens with one attached hydrogen (secondary N) is 1. The zero-order valence-corrected chi connectivity index (χ0v) is 12.3. The van der Waals surface area contributed by atoms with Gasteiger partial charge >= 0.3 is 0 Å². The van der Waals surface area contributed by atoms with Gasteiger partial charge in [0, 0.05) is 6.54 Å². The molecule has 2 atom stereocenters. The van der Waals surface area contributed by atoms with E-state index in [2.05, 4.69) is 36.5 Å². The Morgan fingerprint density at radius 3 is 2.48 bits per heavy atom. The highest BCUT2D eigenvalue weighted by atomic mass is 16.7. The van der Waals surface area contributed by atoms with Crippen LogP contribution in [0.3, 0.4) is 0 Å². The predicted octanol–water partition coefficient (Wildman–Crippen LogP) is 3.06. The summed E-state index contributed by atoms with van der Waals surface area (Å²) in [7, 11) is 0. The van der Waals surface area contributed by atoms with Gasteiger partial charge in [-0.1, -0.05) is 60.7 Å². The average molecular weight is 283 g/mol. The highest BCUT2D eigenvalue weighted by molar-refractivity contribution is 5.25. The van der Waals surface area contributed by atoms with Crippen molar-refractivity contribution in [1.82, 2.24) is 5.32 Å². The molecule has 0 aromatic heterocycles. The molecule has 0 bridgehead atoms. The molecule has 2 aromatic carbocycles. The van der Waals surface area contributed by atoms with Crippen molar-refractivity contribution in [3.8, 4) is 0 Å². The first-order chi connectivity index (χ1) is 10.3. The van der Waals surface area contributed by atoms with Gasteiger partial charge in [-0.15, -0.1) is 0 Å². The fraction of sp³-hybridized carbons (Fsp3) is 0.333. The molecule has 3 heteroatoms. The third-order valence-electron chi connectivity index (χ3n) is 3.95. The molecule has 3 nitrogen and oxygen atoms in total. The Hall–Kier alpha value is -1.68. The second-order valence-corrected chi connectivity index (χ2v) is 5.49. The molecule has 1 N–H and O–H groups in total. The lowest BCUT2D eigenvalue weighted by Gasteiger charge is -2.42. The molecular formula is C18H21NO2. The van der Waals surface area contributed by atoms with Gasteiger partial charge in [0.25, 0.3) is 0 Å². The Balaban J connectivity index is 1.75. The quantitative estimate of drug-likeness (QED) is 0.935. The van der Waals surface area contributed by atoms with Crippen LogP contribution in [-0.4, -0.2) is 19.4 Å². The molecule has 21 heavy (non-hydrogen) atoms. The van der Waals surface area contributed by atoms with Crippen LogP contribution >= 0.6 is 0 Å². The normalized spacial score (nSPS) is 25.7. The lowest BCUT2D eigenvalue weighted by molar-refractivity contribution is -0.212. The van der Waals surface area contributed by atoms with Gasteiger partial charge in [-0.25, -0.2) is 0 Å². The maximum atomic E-state index is 6.05. The fourth-order valence-electron chi connectivity index (χ4n) is 2.71. The molecule has 1 fully saturated rings. The topological polar surface area (TPSA) is 30.5 Å². The molecule has 0 radical (unpaired) electrons. The van der Waals surface area contributed by atoms with Crippen LogP contribution in [0.2, 0.25) is 0 Å². The van der Waals surface area contributed by atoms with Crippen molar-refractivity contribution in [2.45, 2.75) is 25.4 Å². The summed E-state index contributed by atoms with van der Waals surface area (Å²) >= 11 is 0. The summed E-state index contributed by atoms with van der Waals surface area (Å²) in [5.41, 5.74) is 2.01. The lowest BCUT2D eigenvalue weighted by Crippen LogP contribution is -2.56. The zero-order valence-electron chi connectivity index (χ0n) is 12.3. The summed E-state index contributed by atoms with van der Waals surface area (Å²) in [5.74, 6) is 0. The van der Waals surface area contributed by atoms with Gasteiger partial charge in [-0.3, -0.25) is 0 Å². The monoisotopic (exact) mass is 283 g/mol. The Morgan fingerprint density at radius 2 is 1.76 bits per heavy atom. The second-order valence-electron chi connectivity index (χ2n) is 5.49. The molecule has 1 aliphatic rings. The van der Waals surface area contributed by atoms with E-state index >= 15 is 0 Å². The Bertz CT molecular complexity index is 558. The van der Waals surface area contributed by atoms with Gasteiger partial charge in [0.05, 0.1) is 18.8 Å². The third kappa shape index (κ3) is 3.16. The molecule has 0 saturated carbocycles. The first-order valence-electron chi connectivity index (χ1n) is 7.37. The van der Waals surface area contributed by atoms with Crippen molar-refractivity contribution in [3.63, 3.8) is 0 Å². The Kier molecular flexibility index (Phi) is 4.34. The van der Waals surface area contributed by atoms with E-state index in [-0.39, 0.29) is 11.8 Å². The second kappa shape index (κ2) is 6.39. The van der Waals surface area contributed by atoms with E-state index in [4.69, 9.17) is 9.47 Å². The minimum absolute atomic E-state index is 0.297. The van der Waals surface area contributed by atoms with E-state index in [1.807, 2.05) is 36.4 Å². The van der Waals surface area contributed by atoms with Crippen LogP contribution in [0.4, 0.5) is 0 Å². The molecule has 0 amide bonds. The van der Waals surface area contributed by atoms with Crippen molar-refractivity contribution in [2.75, 3.05) is 13.2 Å². The standard InChI is InChI=1S/C18H21NO2/c1-18(16-10-6-3-7-11-16)17(20-13-12-19-18)21-14-15-8-4-2-5-9-15/h2-11,17,19H,12-14H2,1H3/t17-,18+/m1/s1. The number of ether oxygens (including phenoxy) is 2. The molecule has 0 spiro atoms. The van der Waals surface area contributed by atoms with Crippen LogP contribution in [0, 0.1) is 0 Å². The summed E-state index contributed by atoms with van der Waals surface area (Å²) in [6.07, 6.45) is -0.297. The Labute approximate surface area is 125 Å². The summed E-state index contributed by atoms with van der Waals surface area (Å²) in [6, 6.07) is 20.5. The van der Waals surface area contributed by atoms with Gasteiger partial charge in [0.2, 0.25) is 0 Å². The molecule has 110 valence electrons. The van der Waals surface area contributed by atoms with Crippen LogP contribution in [0.5, 0.6) is 0 Å². The average Bonchev–Trinajstić information content (AvgIpc) is 2.56. The van der Waals surface area contributed by atoms with Gasteiger partial charge in [0.1, 0.15) is 0 Å². The van der Waals surface area contributed by atoms with Crippen LogP contribution < -0.4 is 5.32 Å². The number of hydrogen-bond donors (Lipinski definition) is 1. The molecule has 1 aliphatic heterocycles. The van der Waals surface area contributed by atoms with Crippen LogP contribution in [0.25, 0.3) is 0 Å². The maximum absolute atomic E-state index is 6.05. The number of rotatable bonds is 4. The molecule has 3 rings (SSSR count). The van der Waals surface area contributed by atoms with E-state index in [1.54, 1.807) is 0 Å². The van der Waals surface area contributed by atoms with Crippen molar-refractivity contribution < 1.29 is 9.47 Å². The van der Waals surface area contributed by atoms with Crippen LogP contribution in [-0.2, 0) is 21.6 Å². The van der Waals surface area contributed by atoms with E-state index in [9.17, 15) is 0 Å². The van der Waals surface area contributed by atoms with E-state index < -0.39 is 0 Å². The first-order valence-corrected chi connectivity index (χ1v) is 7.37. The summed E-state index contributed by atoms with van der Waals surface area (Å²) in [6.45, 7) is 4.19. The largest absolute Gasteiger partial charge is 0.349 e. The van der Waals surface area contributed by atoms with Crippen molar-refractivity contribution in [1.29, 1.82) is 0 Å². The van der Waals surface area contributed by atoms with Crippen molar-refractivity contribution >= 4 is 0 Å². The minimum atomic E-state index is -0.325.